The number of rotatable bonds is 0. The Morgan fingerprint density at radius 2 is 1.56 bits per heavy atom. The van der Waals surface area contributed by atoms with E-state index < -0.39 is 11.4 Å². The van der Waals surface area contributed by atoms with Crippen LogP contribution in [0.3, 0.4) is 0 Å². The molecule has 0 nitrogen and oxygen atoms in total. The molecule has 0 amide bonds. The Labute approximate surface area is 75.6 Å². The molecule has 0 unspecified atom stereocenters. The van der Waals surface area contributed by atoms with E-state index in [4.69, 9.17) is 9.95 Å². The molecule has 0 spiro atoms. The van der Waals surface area contributed by atoms with Crippen LogP contribution >= 0.6 is 41.8 Å². The molecule has 9 heavy (non-hydrogen) atoms. The van der Waals surface area contributed by atoms with Gasteiger partial charge < -0.3 is 0 Å². The maximum atomic E-state index is 6.06. The van der Waals surface area contributed by atoms with Gasteiger partial charge in [0.05, 0.1) is 0 Å². The molecule has 1 aliphatic rings. The van der Waals surface area contributed by atoms with Crippen LogP contribution < -0.4 is 0 Å². The van der Waals surface area contributed by atoms with E-state index in [-0.39, 0.29) is 0 Å². The predicted molar refractivity (Wildman–Crippen MR) is 53.8 cm³/mol. The Kier molecular flexibility index (Phi) is 5.53. The molecule has 1 aliphatic heterocycles. The van der Waals surface area contributed by atoms with Crippen molar-refractivity contribution in [3.63, 3.8) is 0 Å². The first kappa shape index (κ1) is 8.99. The van der Waals surface area contributed by atoms with Crippen molar-refractivity contribution in [1.29, 1.82) is 0 Å². The molecule has 0 aromatic rings. The Bertz CT molecular complexity index is 74.2. The van der Waals surface area contributed by atoms with Crippen LogP contribution in [0.15, 0.2) is 0 Å². The molecule has 0 atom stereocenters. The second kappa shape index (κ2) is 5.54. The second-order valence-electron chi connectivity index (χ2n) is 1.49. The van der Waals surface area contributed by atoms with E-state index in [0.29, 0.717) is 0 Å². The molecule has 0 saturated carbocycles. The molecule has 0 N–H and O–H groups in total. The summed E-state index contributed by atoms with van der Waals surface area (Å²) >= 11 is 1.12. The molecule has 5 heteroatoms. The molecule has 1 heterocycles. The average molecular weight is 263 g/mol. The van der Waals surface area contributed by atoms with Gasteiger partial charge in [0.1, 0.15) is 0 Å². The summed E-state index contributed by atoms with van der Waals surface area (Å²) < 4.78 is 0. The van der Waals surface area contributed by atoms with Crippen LogP contribution in [0.5, 0.6) is 0 Å². The summed E-state index contributed by atoms with van der Waals surface area (Å²) in [5, 5.41) is 0. The summed E-state index contributed by atoms with van der Waals surface area (Å²) in [5.41, 5.74) is 0. The number of thioether (sulfide) groups is 1. The number of halogens is 1. The van der Waals surface area contributed by atoms with E-state index in [1.54, 1.807) is 0 Å². The van der Waals surface area contributed by atoms with Crippen LogP contribution in [0.2, 0.25) is 0 Å². The van der Waals surface area contributed by atoms with Gasteiger partial charge in [-0.2, -0.15) is 0 Å². The van der Waals surface area contributed by atoms with E-state index >= 15 is 0 Å². The molecule has 0 aromatic heterocycles. The standard InChI is InChI=1S/C4H8AsClS3/c6-5-8-3-1-7-2-4-9-5/h1-4H2. The van der Waals surface area contributed by atoms with Crippen LogP contribution in [0.4, 0.5) is 0 Å². The third kappa shape index (κ3) is 4.36. The number of hydrogen-bond acceptors (Lipinski definition) is 3. The van der Waals surface area contributed by atoms with Crippen molar-refractivity contribution in [2.75, 3.05) is 23.0 Å². The quantitative estimate of drug-likeness (QED) is 0.616. The van der Waals surface area contributed by atoms with Crippen LogP contribution in [0.25, 0.3) is 0 Å². The SMILES string of the molecule is Cl[As]1SCCSCCS1. The van der Waals surface area contributed by atoms with Crippen molar-refractivity contribution < 1.29 is 0 Å². The summed E-state index contributed by atoms with van der Waals surface area (Å²) in [6, 6.07) is 0. The molecule has 1 rings (SSSR count). The zero-order valence-electron chi connectivity index (χ0n) is 4.88. The Balaban J connectivity index is 2.12. The minimum absolute atomic E-state index is 0.936. The summed E-state index contributed by atoms with van der Waals surface area (Å²) in [6.07, 6.45) is 0. The van der Waals surface area contributed by atoms with Gasteiger partial charge in [0, 0.05) is 0 Å². The summed E-state index contributed by atoms with van der Waals surface area (Å²) in [6.45, 7) is 0. The van der Waals surface area contributed by atoms with E-state index in [0.717, 1.165) is 0 Å². The fourth-order valence-corrected chi connectivity index (χ4v) is 13.3. The van der Waals surface area contributed by atoms with E-state index in [1.165, 1.54) is 23.0 Å². The van der Waals surface area contributed by atoms with Crippen molar-refractivity contribution in [1.82, 2.24) is 0 Å². The second-order valence-corrected chi connectivity index (χ2v) is 17.0. The Morgan fingerprint density at radius 1 is 1.00 bits per heavy atom. The molecule has 1 saturated heterocycles. The van der Waals surface area contributed by atoms with Crippen molar-refractivity contribution in [3.8, 4) is 0 Å². The molecular weight excluding hydrogens is 255 g/mol. The van der Waals surface area contributed by atoms with Crippen LogP contribution in [-0.4, -0.2) is 34.4 Å². The molecule has 0 radical (unpaired) electrons. The Morgan fingerprint density at radius 3 is 2.11 bits per heavy atom. The van der Waals surface area contributed by atoms with Gasteiger partial charge >= 0.3 is 76.2 Å². The first-order valence-electron chi connectivity index (χ1n) is 2.69. The van der Waals surface area contributed by atoms with Crippen molar-refractivity contribution in [2.24, 2.45) is 0 Å². The van der Waals surface area contributed by atoms with Gasteiger partial charge in [-0.3, -0.25) is 0 Å². The maximum absolute atomic E-state index is 6.06. The van der Waals surface area contributed by atoms with E-state index in [1.807, 2.05) is 20.0 Å². The summed E-state index contributed by atoms with van der Waals surface area (Å²) in [4.78, 5) is 0. The van der Waals surface area contributed by atoms with Crippen LogP contribution in [0, 0.1) is 0 Å². The average Bonchev–Trinajstić information content (AvgIpc) is 1.79. The molecule has 0 aromatic carbocycles. The van der Waals surface area contributed by atoms with Gasteiger partial charge in [0.25, 0.3) is 0 Å². The molecule has 0 aliphatic carbocycles. The zero-order valence-corrected chi connectivity index (χ0v) is 9.96. The third-order valence-corrected chi connectivity index (χ3v) is 14.7. The molecule has 54 valence electrons. The van der Waals surface area contributed by atoms with Crippen molar-refractivity contribution in [3.05, 3.63) is 0 Å². The first-order valence-corrected chi connectivity index (χ1v) is 12.8. The molecular formula is C4H8AsClS3. The molecule has 0 bridgehead atoms. The van der Waals surface area contributed by atoms with Gasteiger partial charge in [0.15, 0.2) is 0 Å². The van der Waals surface area contributed by atoms with Crippen molar-refractivity contribution >= 4 is 53.2 Å². The van der Waals surface area contributed by atoms with Gasteiger partial charge in [-0.05, 0) is 0 Å². The minimum atomic E-state index is -0.936. The topological polar surface area (TPSA) is 0 Å². The van der Waals surface area contributed by atoms with Crippen molar-refractivity contribution in [2.45, 2.75) is 0 Å². The van der Waals surface area contributed by atoms with Gasteiger partial charge in [-0.1, -0.05) is 0 Å². The van der Waals surface area contributed by atoms with Crippen LogP contribution in [0.1, 0.15) is 0 Å². The predicted octanol–water partition coefficient (Wildman–Crippen LogP) is 2.42. The number of hydrogen-bond donors (Lipinski definition) is 0. The normalized spacial score (nSPS) is 25.0. The molecule has 1 fully saturated rings. The van der Waals surface area contributed by atoms with Gasteiger partial charge in [-0.25, -0.2) is 0 Å². The van der Waals surface area contributed by atoms with Crippen LogP contribution in [-0.2, 0) is 0 Å². The zero-order chi connectivity index (χ0) is 6.53. The van der Waals surface area contributed by atoms with E-state index in [2.05, 4.69) is 11.8 Å². The fraction of sp³-hybridized carbons (Fsp3) is 1.00. The fourth-order valence-electron chi connectivity index (χ4n) is 0.475. The summed E-state index contributed by atoms with van der Waals surface area (Å²) in [7, 11) is 10.1. The van der Waals surface area contributed by atoms with Gasteiger partial charge in [-0.15, -0.1) is 0 Å². The monoisotopic (exact) mass is 262 g/mol. The van der Waals surface area contributed by atoms with E-state index in [9.17, 15) is 0 Å². The first-order chi connectivity index (χ1) is 4.39. The Hall–Kier alpha value is 1.90. The third-order valence-electron chi connectivity index (χ3n) is 0.841. The summed E-state index contributed by atoms with van der Waals surface area (Å²) in [5.74, 6) is 5.18. The van der Waals surface area contributed by atoms with Gasteiger partial charge in [0.2, 0.25) is 0 Å².